The summed E-state index contributed by atoms with van der Waals surface area (Å²) >= 11 is 0. The molecule has 0 bridgehead atoms. The first-order chi connectivity index (χ1) is 16.1. The lowest BCUT2D eigenvalue weighted by Crippen LogP contribution is -2.25. The Hall–Kier alpha value is -3.67. The van der Waals surface area contributed by atoms with Crippen LogP contribution in [0.25, 0.3) is 0 Å². The zero-order valence-electron chi connectivity index (χ0n) is 19.5. The van der Waals surface area contributed by atoms with Gasteiger partial charge in [0.25, 0.3) is 0 Å². The standard InChI is InChI=1S/C27H28O6/c1-29-18-11-17(12-19(13-18)30-2)25-21-15-23(32-4)22(31-3)14-20(21)24(26(25)27(28)33-5)16-9-7-6-8-10-16/h6-15,24-26H,1-5H3/t24-,25-,26-/m0/s1. The molecular weight excluding hydrogens is 420 g/mol. The Morgan fingerprint density at radius 2 is 1.15 bits per heavy atom. The van der Waals surface area contributed by atoms with E-state index in [1.54, 1.807) is 28.4 Å². The van der Waals surface area contributed by atoms with Crippen LogP contribution >= 0.6 is 0 Å². The molecule has 0 unspecified atom stereocenters. The lowest BCUT2D eigenvalue weighted by atomic mass is 9.79. The van der Waals surface area contributed by atoms with Gasteiger partial charge in [0.15, 0.2) is 11.5 Å². The molecule has 3 aromatic carbocycles. The van der Waals surface area contributed by atoms with E-state index in [0.717, 1.165) is 22.3 Å². The molecule has 0 N–H and O–H groups in total. The second-order valence-electron chi connectivity index (χ2n) is 7.90. The van der Waals surface area contributed by atoms with Crippen molar-refractivity contribution in [2.75, 3.05) is 35.5 Å². The molecule has 6 heteroatoms. The molecule has 6 nitrogen and oxygen atoms in total. The third-order valence-electron chi connectivity index (χ3n) is 6.34. The largest absolute Gasteiger partial charge is 0.497 e. The highest BCUT2D eigenvalue weighted by Gasteiger charge is 2.48. The van der Waals surface area contributed by atoms with Crippen LogP contribution in [0, 0.1) is 5.92 Å². The molecule has 4 rings (SSSR count). The second-order valence-corrected chi connectivity index (χ2v) is 7.90. The fourth-order valence-corrected chi connectivity index (χ4v) is 4.88. The van der Waals surface area contributed by atoms with Gasteiger partial charge in [-0.15, -0.1) is 0 Å². The van der Waals surface area contributed by atoms with E-state index in [9.17, 15) is 4.79 Å². The van der Waals surface area contributed by atoms with Crippen LogP contribution in [-0.2, 0) is 9.53 Å². The van der Waals surface area contributed by atoms with E-state index in [2.05, 4.69) is 0 Å². The number of hydrogen-bond donors (Lipinski definition) is 0. The average molecular weight is 449 g/mol. The second kappa shape index (κ2) is 9.45. The maximum absolute atomic E-state index is 13.3. The zero-order valence-corrected chi connectivity index (χ0v) is 19.5. The number of hydrogen-bond acceptors (Lipinski definition) is 6. The van der Waals surface area contributed by atoms with E-state index in [1.807, 2.05) is 60.7 Å². The van der Waals surface area contributed by atoms with Gasteiger partial charge in [0, 0.05) is 17.9 Å². The summed E-state index contributed by atoms with van der Waals surface area (Å²) in [5.74, 6) is 1.21. The Labute approximate surface area is 194 Å². The molecule has 0 saturated heterocycles. The van der Waals surface area contributed by atoms with Crippen molar-refractivity contribution in [2.45, 2.75) is 11.8 Å². The predicted molar refractivity (Wildman–Crippen MR) is 125 cm³/mol. The summed E-state index contributed by atoms with van der Waals surface area (Å²) in [6, 6.07) is 19.6. The third kappa shape index (κ3) is 3.97. The van der Waals surface area contributed by atoms with Crippen LogP contribution in [0.1, 0.15) is 34.1 Å². The third-order valence-corrected chi connectivity index (χ3v) is 6.34. The zero-order chi connectivity index (χ0) is 23.5. The van der Waals surface area contributed by atoms with Crippen molar-refractivity contribution >= 4 is 5.97 Å². The highest BCUT2D eigenvalue weighted by Crippen LogP contribution is 2.55. The molecule has 33 heavy (non-hydrogen) atoms. The lowest BCUT2D eigenvalue weighted by Gasteiger charge is -2.24. The fourth-order valence-electron chi connectivity index (χ4n) is 4.88. The number of ether oxygens (including phenoxy) is 5. The molecule has 1 aliphatic carbocycles. The smallest absolute Gasteiger partial charge is 0.310 e. The molecule has 1 aliphatic rings. The molecule has 0 saturated carbocycles. The first kappa shape index (κ1) is 22.5. The fraction of sp³-hybridized carbons (Fsp3) is 0.296. The Morgan fingerprint density at radius 3 is 1.61 bits per heavy atom. The van der Waals surface area contributed by atoms with E-state index in [4.69, 9.17) is 23.7 Å². The van der Waals surface area contributed by atoms with Crippen molar-refractivity contribution in [3.05, 3.63) is 82.9 Å². The van der Waals surface area contributed by atoms with Gasteiger partial charge in [-0.3, -0.25) is 4.79 Å². The summed E-state index contributed by atoms with van der Waals surface area (Å²) in [6.45, 7) is 0. The topological polar surface area (TPSA) is 63.2 Å². The van der Waals surface area contributed by atoms with Crippen LogP contribution in [-0.4, -0.2) is 41.5 Å². The van der Waals surface area contributed by atoms with Gasteiger partial charge in [-0.2, -0.15) is 0 Å². The number of carbonyl (C=O) groups is 1. The van der Waals surface area contributed by atoms with Crippen LogP contribution in [0.3, 0.4) is 0 Å². The molecule has 3 atom stereocenters. The summed E-state index contributed by atoms with van der Waals surface area (Å²) in [5.41, 5.74) is 3.90. The van der Waals surface area contributed by atoms with Gasteiger partial charge in [-0.25, -0.2) is 0 Å². The minimum atomic E-state index is -0.499. The van der Waals surface area contributed by atoms with E-state index in [1.165, 1.54) is 7.11 Å². The summed E-state index contributed by atoms with van der Waals surface area (Å²) in [6.07, 6.45) is 0. The Balaban J connectivity index is 2.02. The van der Waals surface area contributed by atoms with E-state index in [0.29, 0.717) is 23.0 Å². The summed E-state index contributed by atoms with van der Waals surface area (Å²) in [5, 5.41) is 0. The monoisotopic (exact) mass is 448 g/mol. The molecule has 0 fully saturated rings. The van der Waals surface area contributed by atoms with Gasteiger partial charge in [-0.1, -0.05) is 30.3 Å². The highest BCUT2D eigenvalue weighted by atomic mass is 16.5. The van der Waals surface area contributed by atoms with Gasteiger partial charge >= 0.3 is 5.97 Å². The Kier molecular flexibility index (Phi) is 6.45. The number of rotatable bonds is 7. The Bertz CT molecular complexity index is 1120. The van der Waals surface area contributed by atoms with Crippen molar-refractivity contribution in [1.29, 1.82) is 0 Å². The van der Waals surface area contributed by atoms with Gasteiger partial charge < -0.3 is 23.7 Å². The quantitative estimate of drug-likeness (QED) is 0.485. The molecular formula is C27H28O6. The number of carbonyl (C=O) groups excluding carboxylic acids is 1. The van der Waals surface area contributed by atoms with Gasteiger partial charge in [-0.05, 0) is 46.5 Å². The number of fused-ring (bicyclic) bond motifs is 1. The predicted octanol–water partition coefficient (Wildman–Crippen LogP) is 4.79. The van der Waals surface area contributed by atoms with Crippen LogP contribution in [0.15, 0.2) is 60.7 Å². The van der Waals surface area contributed by atoms with Gasteiger partial charge in [0.1, 0.15) is 11.5 Å². The van der Waals surface area contributed by atoms with E-state index in [-0.39, 0.29) is 17.8 Å². The van der Waals surface area contributed by atoms with Crippen molar-refractivity contribution in [2.24, 2.45) is 5.92 Å². The Morgan fingerprint density at radius 1 is 0.636 bits per heavy atom. The van der Waals surface area contributed by atoms with Gasteiger partial charge in [0.2, 0.25) is 0 Å². The first-order valence-electron chi connectivity index (χ1n) is 10.7. The summed E-state index contributed by atoms with van der Waals surface area (Å²) in [7, 11) is 7.87. The molecule has 3 aromatic rings. The summed E-state index contributed by atoms with van der Waals surface area (Å²) in [4.78, 5) is 13.3. The van der Waals surface area contributed by atoms with Crippen LogP contribution in [0.5, 0.6) is 23.0 Å². The van der Waals surface area contributed by atoms with Crippen LogP contribution in [0.4, 0.5) is 0 Å². The van der Waals surface area contributed by atoms with E-state index >= 15 is 0 Å². The molecule has 0 aliphatic heterocycles. The molecule has 172 valence electrons. The molecule has 0 aromatic heterocycles. The normalized spacial score (nSPS) is 18.9. The summed E-state index contributed by atoms with van der Waals surface area (Å²) < 4.78 is 27.6. The SMILES string of the molecule is COC(=O)[C@H]1[C@@H](c2ccccc2)c2cc(OC)c(OC)cc2[C@@H]1c1cc(OC)cc(OC)c1. The minimum absolute atomic E-state index is 0.226. The lowest BCUT2D eigenvalue weighted by molar-refractivity contribution is -0.146. The number of methoxy groups -OCH3 is 5. The first-order valence-corrected chi connectivity index (χ1v) is 10.7. The number of benzene rings is 3. The maximum Gasteiger partial charge on any atom is 0.310 e. The van der Waals surface area contributed by atoms with E-state index < -0.39 is 5.92 Å². The van der Waals surface area contributed by atoms with Crippen molar-refractivity contribution in [3.63, 3.8) is 0 Å². The molecule has 0 radical (unpaired) electrons. The van der Waals surface area contributed by atoms with Crippen molar-refractivity contribution in [1.82, 2.24) is 0 Å². The van der Waals surface area contributed by atoms with Crippen LogP contribution < -0.4 is 18.9 Å². The van der Waals surface area contributed by atoms with Gasteiger partial charge in [0.05, 0.1) is 41.5 Å². The molecule has 0 spiro atoms. The molecule has 0 heterocycles. The van der Waals surface area contributed by atoms with Crippen LogP contribution in [0.2, 0.25) is 0 Å². The van der Waals surface area contributed by atoms with Crippen molar-refractivity contribution < 1.29 is 28.5 Å². The van der Waals surface area contributed by atoms with Crippen molar-refractivity contribution in [3.8, 4) is 23.0 Å². The highest BCUT2D eigenvalue weighted by molar-refractivity contribution is 5.80. The maximum atomic E-state index is 13.3. The minimum Gasteiger partial charge on any atom is -0.497 e. The average Bonchev–Trinajstić information content (AvgIpc) is 3.21. The molecule has 0 amide bonds. The number of esters is 1.